The molecule has 30 heavy (non-hydrogen) atoms. The summed E-state index contributed by atoms with van der Waals surface area (Å²) in [5, 5.41) is 2.84. The first-order valence-electron chi connectivity index (χ1n) is 10.1. The average Bonchev–Trinajstić information content (AvgIpc) is 3.26. The molecule has 0 unspecified atom stereocenters. The Kier molecular flexibility index (Phi) is 7.57. The maximum Gasteiger partial charge on any atom is 0.257 e. The molecule has 1 aliphatic heterocycles. The van der Waals surface area contributed by atoms with Crippen molar-refractivity contribution in [1.82, 2.24) is 4.90 Å². The van der Waals surface area contributed by atoms with Crippen LogP contribution >= 0.6 is 0 Å². The second kappa shape index (κ2) is 10.5. The Balaban J connectivity index is 1.61. The maximum absolute atomic E-state index is 12.6. The van der Waals surface area contributed by atoms with Crippen molar-refractivity contribution in [2.45, 2.75) is 12.8 Å². The summed E-state index contributed by atoms with van der Waals surface area (Å²) in [7, 11) is 1.58. The van der Waals surface area contributed by atoms with Crippen molar-refractivity contribution in [2.24, 2.45) is 0 Å². The predicted molar refractivity (Wildman–Crippen MR) is 119 cm³/mol. The number of ether oxygens (including phenoxy) is 3. The van der Waals surface area contributed by atoms with Crippen LogP contribution in [0.15, 0.2) is 49.1 Å². The minimum Gasteiger partial charge on any atom is -0.493 e. The first kappa shape index (κ1) is 21.5. The normalized spacial score (nSPS) is 13.6. The van der Waals surface area contributed by atoms with Crippen LogP contribution < -0.4 is 25.3 Å². The van der Waals surface area contributed by atoms with Crippen molar-refractivity contribution in [3.05, 3.63) is 54.6 Å². The Bertz CT molecular complexity index is 879. The van der Waals surface area contributed by atoms with Gasteiger partial charge in [-0.1, -0.05) is 12.7 Å². The smallest absolute Gasteiger partial charge is 0.257 e. The summed E-state index contributed by atoms with van der Waals surface area (Å²) in [6.45, 7) is 7.74. The van der Waals surface area contributed by atoms with Crippen molar-refractivity contribution < 1.29 is 19.0 Å². The Labute approximate surface area is 177 Å². The van der Waals surface area contributed by atoms with Crippen LogP contribution in [0.2, 0.25) is 0 Å². The molecule has 1 fully saturated rings. The van der Waals surface area contributed by atoms with Gasteiger partial charge in [0.15, 0.2) is 11.5 Å². The zero-order chi connectivity index (χ0) is 21.3. The Morgan fingerprint density at radius 2 is 1.97 bits per heavy atom. The second-order valence-electron chi connectivity index (χ2n) is 7.07. The number of rotatable bonds is 10. The highest BCUT2D eigenvalue weighted by atomic mass is 16.5. The SMILES string of the molecule is C=CCOc1ccc(C(=O)Nc2ccc(OCCN3CCCC3)c(OC)c2)c(N)c1. The number of methoxy groups -OCH3 is 1. The molecule has 1 heterocycles. The summed E-state index contributed by atoms with van der Waals surface area (Å²) in [6, 6.07) is 10.3. The average molecular weight is 412 g/mol. The van der Waals surface area contributed by atoms with Gasteiger partial charge in [0, 0.05) is 30.1 Å². The van der Waals surface area contributed by atoms with Gasteiger partial charge in [-0.2, -0.15) is 0 Å². The lowest BCUT2D eigenvalue weighted by molar-refractivity contribution is 0.102. The summed E-state index contributed by atoms with van der Waals surface area (Å²) in [5.74, 6) is 1.49. The maximum atomic E-state index is 12.6. The molecule has 0 aliphatic carbocycles. The zero-order valence-corrected chi connectivity index (χ0v) is 17.4. The number of benzene rings is 2. The lowest BCUT2D eigenvalue weighted by atomic mass is 10.1. The van der Waals surface area contributed by atoms with E-state index in [9.17, 15) is 4.79 Å². The lowest BCUT2D eigenvalue weighted by Gasteiger charge is -2.17. The highest BCUT2D eigenvalue weighted by Crippen LogP contribution is 2.31. The third-order valence-corrected chi connectivity index (χ3v) is 4.92. The topological polar surface area (TPSA) is 86.0 Å². The van der Waals surface area contributed by atoms with Crippen LogP contribution in [0.4, 0.5) is 11.4 Å². The number of likely N-dealkylation sites (tertiary alicyclic amines) is 1. The highest BCUT2D eigenvalue weighted by molar-refractivity contribution is 6.08. The van der Waals surface area contributed by atoms with Crippen molar-refractivity contribution in [3.8, 4) is 17.2 Å². The number of hydrogen-bond acceptors (Lipinski definition) is 6. The van der Waals surface area contributed by atoms with E-state index in [0.717, 1.165) is 19.6 Å². The summed E-state index contributed by atoms with van der Waals surface area (Å²) in [4.78, 5) is 15.0. The molecule has 2 aromatic rings. The molecule has 3 N–H and O–H groups in total. The molecule has 0 spiro atoms. The van der Waals surface area contributed by atoms with Gasteiger partial charge in [0.05, 0.1) is 12.7 Å². The quantitative estimate of drug-likeness (QED) is 0.459. The summed E-state index contributed by atoms with van der Waals surface area (Å²) < 4.78 is 16.7. The van der Waals surface area contributed by atoms with Gasteiger partial charge in [-0.15, -0.1) is 0 Å². The van der Waals surface area contributed by atoms with E-state index in [2.05, 4.69) is 16.8 Å². The predicted octanol–water partition coefficient (Wildman–Crippen LogP) is 3.57. The third kappa shape index (κ3) is 5.67. The molecule has 1 amide bonds. The number of amides is 1. The fraction of sp³-hybridized carbons (Fsp3) is 0.348. The van der Waals surface area contributed by atoms with Crippen LogP contribution in [-0.4, -0.2) is 50.8 Å². The molecule has 0 atom stereocenters. The number of hydrogen-bond donors (Lipinski definition) is 2. The van der Waals surface area contributed by atoms with Gasteiger partial charge >= 0.3 is 0 Å². The molecular weight excluding hydrogens is 382 g/mol. The molecule has 1 saturated heterocycles. The fourth-order valence-electron chi connectivity index (χ4n) is 3.35. The molecule has 3 rings (SSSR count). The number of carbonyl (C=O) groups excluding carboxylic acids is 1. The largest absolute Gasteiger partial charge is 0.493 e. The van der Waals surface area contributed by atoms with Crippen molar-refractivity contribution >= 4 is 17.3 Å². The van der Waals surface area contributed by atoms with Gasteiger partial charge in [0.25, 0.3) is 5.91 Å². The fourth-order valence-corrected chi connectivity index (χ4v) is 3.35. The molecule has 2 aromatic carbocycles. The van der Waals surface area contributed by atoms with Crippen LogP contribution in [0.5, 0.6) is 17.2 Å². The zero-order valence-electron chi connectivity index (χ0n) is 17.4. The number of nitrogens with zero attached hydrogens (tertiary/aromatic N) is 1. The van der Waals surface area contributed by atoms with Crippen molar-refractivity contribution in [2.75, 3.05) is 51.0 Å². The monoisotopic (exact) mass is 411 g/mol. The second-order valence-corrected chi connectivity index (χ2v) is 7.07. The first-order valence-corrected chi connectivity index (χ1v) is 10.1. The molecule has 0 bridgehead atoms. The Morgan fingerprint density at radius 1 is 1.17 bits per heavy atom. The van der Waals surface area contributed by atoms with Crippen LogP contribution in [-0.2, 0) is 0 Å². The van der Waals surface area contributed by atoms with E-state index >= 15 is 0 Å². The molecule has 160 valence electrons. The van der Waals surface area contributed by atoms with Gasteiger partial charge in [0.1, 0.15) is 19.0 Å². The van der Waals surface area contributed by atoms with Crippen LogP contribution in [0.25, 0.3) is 0 Å². The molecule has 0 radical (unpaired) electrons. The van der Waals surface area contributed by atoms with Gasteiger partial charge in [-0.3, -0.25) is 9.69 Å². The molecule has 1 aliphatic rings. The Hall–Kier alpha value is -3.19. The number of nitrogens with one attached hydrogen (secondary N) is 1. The van der Waals surface area contributed by atoms with E-state index in [1.165, 1.54) is 12.8 Å². The van der Waals surface area contributed by atoms with Crippen molar-refractivity contribution in [3.63, 3.8) is 0 Å². The molecule has 0 saturated carbocycles. The standard InChI is InChI=1S/C23H29N3O4/c1-3-13-29-18-7-8-19(20(24)16-18)23(27)25-17-6-9-21(22(15-17)28-2)30-14-12-26-10-4-5-11-26/h3,6-9,15-16H,1,4-5,10-14,24H2,2H3,(H,25,27). The summed E-state index contributed by atoms with van der Waals surface area (Å²) >= 11 is 0. The summed E-state index contributed by atoms with van der Waals surface area (Å²) in [6.07, 6.45) is 4.16. The lowest BCUT2D eigenvalue weighted by Crippen LogP contribution is -2.25. The third-order valence-electron chi connectivity index (χ3n) is 4.92. The number of nitrogen functional groups attached to an aromatic ring is 1. The molecule has 0 aromatic heterocycles. The van der Waals surface area contributed by atoms with Gasteiger partial charge < -0.3 is 25.3 Å². The van der Waals surface area contributed by atoms with Gasteiger partial charge in [-0.05, 0) is 50.2 Å². The first-order chi connectivity index (χ1) is 14.6. The molecule has 7 heteroatoms. The van der Waals surface area contributed by atoms with Gasteiger partial charge in [0.2, 0.25) is 0 Å². The van der Waals surface area contributed by atoms with Crippen molar-refractivity contribution in [1.29, 1.82) is 0 Å². The van der Waals surface area contributed by atoms with Crippen LogP contribution in [0, 0.1) is 0 Å². The van der Waals surface area contributed by atoms with E-state index < -0.39 is 0 Å². The van der Waals surface area contributed by atoms with E-state index in [-0.39, 0.29) is 5.91 Å². The van der Waals surface area contributed by atoms with E-state index in [1.54, 1.807) is 49.6 Å². The highest BCUT2D eigenvalue weighted by Gasteiger charge is 2.14. The van der Waals surface area contributed by atoms with Crippen LogP contribution in [0.3, 0.4) is 0 Å². The van der Waals surface area contributed by atoms with Crippen LogP contribution in [0.1, 0.15) is 23.2 Å². The van der Waals surface area contributed by atoms with E-state index in [0.29, 0.717) is 47.4 Å². The van der Waals surface area contributed by atoms with E-state index in [1.807, 2.05) is 0 Å². The number of carbonyl (C=O) groups is 1. The minimum absolute atomic E-state index is 0.312. The number of nitrogens with two attached hydrogens (primary N) is 1. The Morgan fingerprint density at radius 3 is 2.67 bits per heavy atom. The minimum atomic E-state index is -0.312. The van der Waals surface area contributed by atoms with E-state index in [4.69, 9.17) is 19.9 Å². The summed E-state index contributed by atoms with van der Waals surface area (Å²) in [5.41, 5.74) is 7.31. The number of anilines is 2. The molecule has 7 nitrogen and oxygen atoms in total. The van der Waals surface area contributed by atoms with Gasteiger partial charge in [-0.25, -0.2) is 0 Å². The molecular formula is C23H29N3O4.